The van der Waals surface area contributed by atoms with E-state index in [1.807, 2.05) is 0 Å². The predicted octanol–water partition coefficient (Wildman–Crippen LogP) is 2.86. The number of halogens is 1. The number of phenols is 1. The van der Waals surface area contributed by atoms with Gasteiger partial charge in [-0.05, 0) is 36.6 Å². The molecule has 0 spiro atoms. The lowest BCUT2D eigenvalue weighted by Gasteiger charge is -2.26. The first-order valence-electron chi connectivity index (χ1n) is 6.92. The van der Waals surface area contributed by atoms with Crippen molar-refractivity contribution in [2.75, 3.05) is 5.73 Å². The van der Waals surface area contributed by atoms with Crippen LogP contribution < -0.4 is 5.73 Å². The van der Waals surface area contributed by atoms with E-state index in [0.29, 0.717) is 22.1 Å². The van der Waals surface area contributed by atoms with Gasteiger partial charge in [0, 0.05) is 22.6 Å². The van der Waals surface area contributed by atoms with Gasteiger partial charge in [-0.3, -0.25) is 0 Å². The van der Waals surface area contributed by atoms with Gasteiger partial charge in [-0.15, -0.1) is 10.2 Å². The fourth-order valence-corrected chi connectivity index (χ4v) is 3.45. The number of benzene rings is 1. The van der Waals surface area contributed by atoms with Crippen molar-refractivity contribution < 1.29 is 9.84 Å². The van der Waals surface area contributed by atoms with Gasteiger partial charge in [-0.25, -0.2) is 0 Å². The fraction of sp³-hybridized carbons (Fsp3) is 0.333. The molecule has 2 atom stereocenters. The van der Waals surface area contributed by atoms with Gasteiger partial charge in [-0.1, -0.05) is 11.6 Å². The number of hydrogen-bond acceptors (Lipinski definition) is 5. The fourth-order valence-electron chi connectivity index (χ4n) is 3.28. The van der Waals surface area contributed by atoms with Crippen molar-refractivity contribution in [3.63, 3.8) is 0 Å². The normalized spacial score (nSPS) is 23.1. The number of rotatable bonds is 1. The molecule has 2 aliphatic rings. The highest BCUT2D eigenvalue weighted by Gasteiger charge is 2.37. The topological polar surface area (TPSA) is 81.3 Å². The van der Waals surface area contributed by atoms with E-state index in [-0.39, 0.29) is 18.0 Å². The average Bonchev–Trinajstić information content (AvgIpc) is 2.82. The monoisotopic (exact) mass is 303 g/mol. The minimum atomic E-state index is 0.00226. The molecule has 2 aliphatic heterocycles. The zero-order chi connectivity index (χ0) is 14.6. The maximum absolute atomic E-state index is 10.1. The second-order valence-electron chi connectivity index (χ2n) is 5.52. The molecule has 1 fully saturated rings. The Morgan fingerprint density at radius 3 is 2.95 bits per heavy atom. The summed E-state index contributed by atoms with van der Waals surface area (Å²) in [6, 6.07) is 5.00. The summed E-state index contributed by atoms with van der Waals surface area (Å²) in [6.45, 7) is 0. The highest BCUT2D eigenvalue weighted by molar-refractivity contribution is 6.30. The summed E-state index contributed by atoms with van der Waals surface area (Å²) >= 11 is 5.89. The Morgan fingerprint density at radius 2 is 2.14 bits per heavy atom. The number of anilines is 1. The van der Waals surface area contributed by atoms with Gasteiger partial charge < -0.3 is 15.6 Å². The number of nitrogens with zero attached hydrogens (tertiary/aromatic N) is 2. The van der Waals surface area contributed by atoms with Crippen LogP contribution in [0.25, 0.3) is 11.3 Å². The third-order valence-electron chi connectivity index (χ3n) is 4.22. The van der Waals surface area contributed by atoms with E-state index in [4.69, 9.17) is 22.1 Å². The maximum atomic E-state index is 10.1. The van der Waals surface area contributed by atoms with E-state index in [2.05, 4.69) is 10.2 Å². The second-order valence-corrected chi connectivity index (χ2v) is 5.95. The Kier molecular flexibility index (Phi) is 2.80. The molecule has 1 aromatic carbocycles. The number of nitrogen functional groups attached to an aromatic ring is 1. The van der Waals surface area contributed by atoms with Crippen LogP contribution in [0.5, 0.6) is 5.75 Å². The van der Waals surface area contributed by atoms with Gasteiger partial charge in [0.25, 0.3) is 0 Å². The molecular formula is C15H14ClN3O2. The van der Waals surface area contributed by atoms with E-state index >= 15 is 0 Å². The molecule has 2 aromatic rings. The van der Waals surface area contributed by atoms with Gasteiger partial charge in [0.15, 0.2) is 5.82 Å². The van der Waals surface area contributed by atoms with Crippen molar-refractivity contribution in [3.05, 3.63) is 34.3 Å². The highest BCUT2D eigenvalue weighted by Crippen LogP contribution is 2.46. The molecule has 0 radical (unpaired) electrons. The molecule has 3 N–H and O–H groups in total. The standard InChI is InChI=1S/C15H14ClN3O2/c16-7-1-3-9(11(20)5-7)14-10-6-8-2-4-12(21-8)13(10)15(17)19-18-14/h1,3,5,8,12,20H,2,4,6H2,(H2,17,19)/t8-,12?/m1/s1. The number of aromatic hydroxyl groups is 1. The molecule has 21 heavy (non-hydrogen) atoms. The lowest BCUT2D eigenvalue weighted by Crippen LogP contribution is -2.21. The zero-order valence-electron chi connectivity index (χ0n) is 11.2. The van der Waals surface area contributed by atoms with E-state index in [1.165, 1.54) is 6.07 Å². The molecule has 5 nitrogen and oxygen atoms in total. The molecule has 1 unspecified atom stereocenters. The first-order valence-corrected chi connectivity index (χ1v) is 7.30. The summed E-state index contributed by atoms with van der Waals surface area (Å²) in [5, 5.41) is 18.9. The summed E-state index contributed by atoms with van der Waals surface area (Å²) < 4.78 is 5.91. The number of hydrogen-bond donors (Lipinski definition) is 2. The van der Waals surface area contributed by atoms with E-state index in [1.54, 1.807) is 12.1 Å². The summed E-state index contributed by atoms with van der Waals surface area (Å²) in [7, 11) is 0. The lowest BCUT2D eigenvalue weighted by atomic mass is 9.94. The molecule has 3 heterocycles. The van der Waals surface area contributed by atoms with E-state index in [9.17, 15) is 5.11 Å². The first kappa shape index (κ1) is 12.9. The van der Waals surface area contributed by atoms with Crippen LogP contribution in [-0.2, 0) is 11.2 Å². The Labute approximate surface area is 126 Å². The van der Waals surface area contributed by atoms with Crippen molar-refractivity contribution in [3.8, 4) is 17.0 Å². The van der Waals surface area contributed by atoms with Gasteiger partial charge in [0.05, 0.1) is 12.2 Å². The quantitative estimate of drug-likeness (QED) is 0.846. The van der Waals surface area contributed by atoms with Crippen LogP contribution in [0.4, 0.5) is 5.82 Å². The number of ether oxygens (including phenoxy) is 1. The number of fused-ring (bicyclic) bond motifs is 4. The predicted molar refractivity (Wildman–Crippen MR) is 79.1 cm³/mol. The zero-order valence-corrected chi connectivity index (χ0v) is 12.0. The van der Waals surface area contributed by atoms with Crippen molar-refractivity contribution in [2.45, 2.75) is 31.5 Å². The molecule has 4 rings (SSSR count). The molecule has 1 aromatic heterocycles. The molecule has 0 saturated carbocycles. The Morgan fingerprint density at radius 1 is 1.29 bits per heavy atom. The minimum Gasteiger partial charge on any atom is -0.507 e. The lowest BCUT2D eigenvalue weighted by molar-refractivity contribution is 0.0326. The van der Waals surface area contributed by atoms with Crippen LogP contribution in [0.2, 0.25) is 5.02 Å². The third kappa shape index (κ3) is 1.96. The van der Waals surface area contributed by atoms with Crippen LogP contribution in [0, 0.1) is 0 Å². The Bertz CT molecular complexity index is 735. The van der Waals surface area contributed by atoms with Crippen LogP contribution in [-0.4, -0.2) is 21.4 Å². The third-order valence-corrected chi connectivity index (χ3v) is 4.46. The smallest absolute Gasteiger partial charge is 0.152 e. The largest absolute Gasteiger partial charge is 0.507 e. The highest BCUT2D eigenvalue weighted by atomic mass is 35.5. The molecule has 1 saturated heterocycles. The van der Waals surface area contributed by atoms with E-state index < -0.39 is 0 Å². The molecule has 2 bridgehead atoms. The summed E-state index contributed by atoms with van der Waals surface area (Å²) in [6.07, 6.45) is 2.94. The molecule has 0 amide bonds. The Balaban J connectivity index is 1.93. The van der Waals surface area contributed by atoms with Gasteiger partial charge >= 0.3 is 0 Å². The number of nitrogens with two attached hydrogens (primary N) is 1. The van der Waals surface area contributed by atoms with Gasteiger partial charge in [0.1, 0.15) is 11.4 Å². The van der Waals surface area contributed by atoms with Gasteiger partial charge in [0.2, 0.25) is 0 Å². The second kappa shape index (κ2) is 4.58. The van der Waals surface area contributed by atoms with Gasteiger partial charge in [-0.2, -0.15) is 0 Å². The van der Waals surface area contributed by atoms with Crippen molar-refractivity contribution in [1.82, 2.24) is 10.2 Å². The van der Waals surface area contributed by atoms with Crippen LogP contribution in [0.3, 0.4) is 0 Å². The van der Waals surface area contributed by atoms with E-state index in [0.717, 1.165) is 30.4 Å². The molecule has 0 aliphatic carbocycles. The molecular weight excluding hydrogens is 290 g/mol. The molecule has 108 valence electrons. The van der Waals surface area contributed by atoms with Crippen molar-refractivity contribution >= 4 is 17.4 Å². The van der Waals surface area contributed by atoms with Crippen LogP contribution >= 0.6 is 11.6 Å². The molecule has 6 heteroatoms. The minimum absolute atomic E-state index is 0.00226. The summed E-state index contributed by atoms with van der Waals surface area (Å²) in [5.74, 6) is 0.523. The van der Waals surface area contributed by atoms with Crippen LogP contribution in [0.1, 0.15) is 30.1 Å². The Hall–Kier alpha value is -1.85. The average molecular weight is 304 g/mol. The maximum Gasteiger partial charge on any atom is 0.152 e. The number of aromatic nitrogens is 2. The number of phenolic OH excluding ortho intramolecular Hbond substituents is 1. The summed E-state index contributed by atoms with van der Waals surface area (Å²) in [5.41, 5.74) is 9.28. The SMILES string of the molecule is Nc1nnc(-c2ccc(Cl)cc2O)c2c1C1CC[C@H](C2)O1. The summed E-state index contributed by atoms with van der Waals surface area (Å²) in [4.78, 5) is 0. The first-order chi connectivity index (χ1) is 10.1. The van der Waals surface area contributed by atoms with Crippen molar-refractivity contribution in [2.24, 2.45) is 0 Å². The van der Waals surface area contributed by atoms with Crippen molar-refractivity contribution in [1.29, 1.82) is 0 Å². The van der Waals surface area contributed by atoms with Crippen LogP contribution in [0.15, 0.2) is 18.2 Å².